The third-order valence-electron chi connectivity index (χ3n) is 5.71. The maximum Gasteiger partial charge on any atom is 0.119 e. The van der Waals surface area contributed by atoms with Gasteiger partial charge in [-0.05, 0) is 41.0 Å². The lowest BCUT2D eigenvalue weighted by Crippen LogP contribution is -2.29. The van der Waals surface area contributed by atoms with E-state index in [9.17, 15) is 0 Å². The molecule has 25 heavy (non-hydrogen) atoms. The summed E-state index contributed by atoms with van der Waals surface area (Å²) in [5.41, 5.74) is 4.02. The number of methoxy groups -OCH3 is 1. The zero-order chi connectivity index (χ0) is 16.8. The van der Waals surface area contributed by atoms with Crippen molar-refractivity contribution in [1.29, 1.82) is 0 Å². The third-order valence-corrected chi connectivity index (χ3v) is 5.71. The van der Waals surface area contributed by atoms with Gasteiger partial charge in [0.1, 0.15) is 5.75 Å². The minimum Gasteiger partial charge on any atom is -0.497 e. The Balaban J connectivity index is 1.68. The van der Waals surface area contributed by atoms with Crippen molar-refractivity contribution in [3.63, 3.8) is 0 Å². The first-order valence-electron chi connectivity index (χ1n) is 8.94. The normalized spacial score (nSPS) is 23.8. The smallest absolute Gasteiger partial charge is 0.119 e. The van der Waals surface area contributed by atoms with Crippen LogP contribution < -0.4 is 10.1 Å². The van der Waals surface area contributed by atoms with Crippen LogP contribution in [0.15, 0.2) is 72.8 Å². The Morgan fingerprint density at radius 1 is 1.00 bits per heavy atom. The minimum atomic E-state index is 0.299. The molecule has 5 rings (SSSR count). The molecule has 0 bridgehead atoms. The number of ether oxygens (including phenoxy) is 1. The van der Waals surface area contributed by atoms with E-state index in [-0.39, 0.29) is 0 Å². The average molecular weight is 327 g/mol. The highest BCUT2D eigenvalue weighted by atomic mass is 16.5. The van der Waals surface area contributed by atoms with E-state index in [1.807, 2.05) is 6.07 Å². The number of nitrogens with one attached hydrogen (secondary N) is 1. The summed E-state index contributed by atoms with van der Waals surface area (Å²) < 4.78 is 5.45. The molecule has 1 aliphatic carbocycles. The van der Waals surface area contributed by atoms with Crippen LogP contribution >= 0.6 is 0 Å². The monoisotopic (exact) mass is 327 g/mol. The molecule has 3 unspecified atom stereocenters. The fourth-order valence-corrected chi connectivity index (χ4v) is 4.50. The van der Waals surface area contributed by atoms with Gasteiger partial charge in [-0.15, -0.1) is 0 Å². The number of benzene rings is 3. The Morgan fingerprint density at radius 3 is 2.84 bits per heavy atom. The van der Waals surface area contributed by atoms with Gasteiger partial charge in [0.25, 0.3) is 0 Å². The van der Waals surface area contributed by atoms with E-state index in [0.29, 0.717) is 17.9 Å². The summed E-state index contributed by atoms with van der Waals surface area (Å²) >= 11 is 0. The molecule has 2 heteroatoms. The van der Waals surface area contributed by atoms with Gasteiger partial charge >= 0.3 is 0 Å². The van der Waals surface area contributed by atoms with Gasteiger partial charge in [-0.2, -0.15) is 0 Å². The number of hydrogen-bond acceptors (Lipinski definition) is 2. The molecule has 0 spiro atoms. The highest BCUT2D eigenvalue weighted by Gasteiger charge is 2.38. The second-order valence-electron chi connectivity index (χ2n) is 7.00. The molecule has 0 fully saturated rings. The first-order valence-corrected chi connectivity index (χ1v) is 8.94. The van der Waals surface area contributed by atoms with Crippen LogP contribution in [0.3, 0.4) is 0 Å². The van der Waals surface area contributed by atoms with E-state index in [0.717, 1.165) is 12.2 Å². The van der Waals surface area contributed by atoms with Crippen LogP contribution in [0.5, 0.6) is 5.75 Å². The van der Waals surface area contributed by atoms with Crippen molar-refractivity contribution < 1.29 is 4.74 Å². The summed E-state index contributed by atoms with van der Waals surface area (Å²) in [6.45, 7) is 0. The molecule has 124 valence electrons. The Labute approximate surface area is 148 Å². The molecule has 1 aliphatic heterocycles. The van der Waals surface area contributed by atoms with Gasteiger partial charge in [0.15, 0.2) is 0 Å². The molecule has 0 saturated carbocycles. The van der Waals surface area contributed by atoms with Gasteiger partial charge in [-0.25, -0.2) is 0 Å². The molecule has 2 aliphatic rings. The predicted octanol–water partition coefficient (Wildman–Crippen LogP) is 5.67. The van der Waals surface area contributed by atoms with Crippen LogP contribution in [-0.2, 0) is 0 Å². The van der Waals surface area contributed by atoms with Gasteiger partial charge in [0, 0.05) is 17.0 Å². The van der Waals surface area contributed by atoms with Gasteiger partial charge in [-0.1, -0.05) is 60.7 Å². The summed E-state index contributed by atoms with van der Waals surface area (Å²) in [5.74, 6) is 1.96. The number of anilines is 1. The number of rotatable bonds is 2. The van der Waals surface area contributed by atoms with Gasteiger partial charge in [0.2, 0.25) is 0 Å². The molecule has 1 N–H and O–H groups in total. The van der Waals surface area contributed by atoms with Crippen molar-refractivity contribution in [3.8, 4) is 5.75 Å². The lowest BCUT2D eigenvalue weighted by molar-refractivity contribution is 0.406. The second kappa shape index (κ2) is 5.66. The van der Waals surface area contributed by atoms with E-state index in [1.54, 1.807) is 7.11 Å². The fraction of sp³-hybridized carbons (Fsp3) is 0.217. The molecule has 3 aromatic rings. The lowest BCUT2D eigenvalue weighted by Gasteiger charge is -2.38. The predicted molar refractivity (Wildman–Crippen MR) is 103 cm³/mol. The fourth-order valence-electron chi connectivity index (χ4n) is 4.50. The highest BCUT2D eigenvalue weighted by Crippen LogP contribution is 2.51. The Bertz CT molecular complexity index is 975. The maximum absolute atomic E-state index is 5.45. The van der Waals surface area contributed by atoms with Gasteiger partial charge in [0.05, 0.1) is 13.2 Å². The molecule has 3 atom stereocenters. The molecule has 3 aromatic carbocycles. The number of allylic oxidation sites excluding steroid dienone is 2. The van der Waals surface area contributed by atoms with Crippen LogP contribution in [-0.4, -0.2) is 7.11 Å². The van der Waals surface area contributed by atoms with Crippen LogP contribution in [0.2, 0.25) is 0 Å². The Morgan fingerprint density at radius 2 is 1.92 bits per heavy atom. The van der Waals surface area contributed by atoms with Crippen LogP contribution in [0, 0.1) is 5.92 Å². The van der Waals surface area contributed by atoms with E-state index in [2.05, 4.69) is 72.1 Å². The summed E-state index contributed by atoms with van der Waals surface area (Å²) in [4.78, 5) is 0. The lowest BCUT2D eigenvalue weighted by atomic mass is 9.76. The molecule has 0 amide bonds. The number of hydrogen-bond donors (Lipinski definition) is 1. The van der Waals surface area contributed by atoms with Crippen molar-refractivity contribution >= 4 is 16.5 Å². The average Bonchev–Trinajstić information content (AvgIpc) is 3.17. The summed E-state index contributed by atoms with van der Waals surface area (Å²) in [5, 5.41) is 6.49. The molecule has 0 aromatic heterocycles. The van der Waals surface area contributed by atoms with Gasteiger partial charge in [-0.3, -0.25) is 0 Å². The van der Waals surface area contributed by atoms with Gasteiger partial charge < -0.3 is 10.1 Å². The molecule has 0 radical (unpaired) electrons. The molecule has 0 saturated heterocycles. The molecule has 1 heterocycles. The SMILES string of the molecule is COc1cccc(C2Nc3c(ccc4ccccc34)C3C=CCC32)c1. The largest absolute Gasteiger partial charge is 0.497 e. The third kappa shape index (κ3) is 2.25. The van der Waals surface area contributed by atoms with E-state index in [4.69, 9.17) is 4.74 Å². The quantitative estimate of drug-likeness (QED) is 0.612. The standard InChI is InChI=1S/C23H21NO/c1-25-17-8-4-7-16(14-17)22-20-11-5-10-19(20)21-13-12-15-6-2-3-9-18(15)23(21)24-22/h2-10,12-14,19-20,22,24H,11H2,1H3. The Hall–Kier alpha value is -2.74. The van der Waals surface area contributed by atoms with E-state index >= 15 is 0 Å². The van der Waals surface area contributed by atoms with Crippen molar-refractivity contribution in [2.45, 2.75) is 18.4 Å². The zero-order valence-corrected chi connectivity index (χ0v) is 14.3. The molecular weight excluding hydrogens is 306 g/mol. The van der Waals surface area contributed by atoms with Crippen molar-refractivity contribution in [2.75, 3.05) is 12.4 Å². The second-order valence-corrected chi connectivity index (χ2v) is 7.00. The first-order chi connectivity index (χ1) is 12.3. The first kappa shape index (κ1) is 14.6. The van der Waals surface area contributed by atoms with Crippen molar-refractivity contribution in [2.24, 2.45) is 5.92 Å². The number of fused-ring (bicyclic) bond motifs is 5. The van der Waals surface area contributed by atoms with E-state index in [1.165, 1.54) is 27.6 Å². The maximum atomic E-state index is 5.45. The molecular formula is C23H21NO. The van der Waals surface area contributed by atoms with Crippen LogP contribution in [0.4, 0.5) is 5.69 Å². The van der Waals surface area contributed by atoms with Crippen molar-refractivity contribution in [1.82, 2.24) is 0 Å². The van der Waals surface area contributed by atoms with Crippen molar-refractivity contribution in [3.05, 3.63) is 83.9 Å². The Kier molecular flexibility index (Phi) is 3.30. The van der Waals surface area contributed by atoms with E-state index < -0.39 is 0 Å². The zero-order valence-electron chi connectivity index (χ0n) is 14.3. The molecule has 2 nitrogen and oxygen atoms in total. The summed E-state index contributed by atoms with van der Waals surface area (Å²) in [7, 11) is 1.73. The summed E-state index contributed by atoms with van der Waals surface area (Å²) in [6.07, 6.45) is 5.85. The minimum absolute atomic E-state index is 0.299. The topological polar surface area (TPSA) is 21.3 Å². The summed E-state index contributed by atoms with van der Waals surface area (Å²) in [6, 6.07) is 22.0. The highest BCUT2D eigenvalue weighted by molar-refractivity contribution is 5.96. The van der Waals surface area contributed by atoms with Crippen LogP contribution in [0.25, 0.3) is 10.8 Å². The van der Waals surface area contributed by atoms with Crippen LogP contribution in [0.1, 0.15) is 29.5 Å².